The van der Waals surface area contributed by atoms with E-state index < -0.39 is 0 Å². The monoisotopic (exact) mass is 106 g/mol. The van der Waals surface area contributed by atoms with Crippen molar-refractivity contribution >= 4 is 0 Å². The Labute approximate surface area is 51.2 Å². The third-order valence-corrected chi connectivity index (χ3v) is 0.554. The van der Waals surface area contributed by atoms with Gasteiger partial charge in [0.2, 0.25) is 0 Å². The highest BCUT2D eigenvalue weighted by atomic mass is 13.6. The molecule has 1 aromatic rings. The second-order valence-corrected chi connectivity index (χ2v) is 1.01. The molecule has 0 nitrogen and oxygen atoms in total. The molecule has 0 saturated carbocycles. The molecule has 0 saturated heterocycles. The first-order valence-corrected chi connectivity index (χ1v) is 2.83. The van der Waals surface area contributed by atoms with E-state index in [9.17, 15) is 0 Å². The van der Waals surface area contributed by atoms with Crippen LogP contribution >= 0.6 is 0 Å². The zero-order chi connectivity index (χ0) is 6.24. The van der Waals surface area contributed by atoms with Crippen molar-refractivity contribution in [1.82, 2.24) is 0 Å². The van der Waals surface area contributed by atoms with Crippen molar-refractivity contribution in [2.45, 2.75) is 13.8 Å². The fourth-order valence-corrected chi connectivity index (χ4v) is 0.304. The van der Waals surface area contributed by atoms with Crippen LogP contribution in [0, 0.1) is 12.1 Å². The highest BCUT2D eigenvalue weighted by Gasteiger charge is 1.53. The van der Waals surface area contributed by atoms with E-state index in [0.717, 1.165) is 0 Å². The molecule has 0 unspecified atom stereocenters. The summed E-state index contributed by atoms with van der Waals surface area (Å²) in [5.74, 6) is 0. The van der Waals surface area contributed by atoms with Gasteiger partial charge >= 0.3 is 0 Å². The summed E-state index contributed by atoms with van der Waals surface area (Å²) in [6.45, 7) is 4.00. The maximum absolute atomic E-state index is 2.77. The first kappa shape index (κ1) is 7.04. The maximum atomic E-state index is 2.77. The Morgan fingerprint density at radius 2 is 1.25 bits per heavy atom. The number of hydrogen-bond donors (Lipinski definition) is 0. The standard InChI is InChI=1S/C6H4.C2H6/c1-2-4-6-5-3-1;1-2/h1-4H;1-2H3. The number of hydrogen-bond acceptors (Lipinski definition) is 0. The van der Waals surface area contributed by atoms with Gasteiger partial charge in [0.15, 0.2) is 0 Å². The average molecular weight is 106 g/mol. The summed E-state index contributed by atoms with van der Waals surface area (Å²) >= 11 is 0. The van der Waals surface area contributed by atoms with E-state index in [1.165, 1.54) is 0 Å². The third-order valence-electron chi connectivity index (χ3n) is 0.554. The predicted octanol–water partition coefficient (Wildman–Crippen LogP) is 2.31. The minimum absolute atomic E-state index is 1.82. The average Bonchev–Trinajstić information content (AvgIpc) is 1.96. The zero-order valence-corrected chi connectivity index (χ0v) is 5.31. The summed E-state index contributed by atoms with van der Waals surface area (Å²) in [5, 5.41) is 0. The third kappa shape index (κ3) is 3.24. The molecular formula is C8H10. The SMILES string of the molecule is CC.c1ccccc#1. The fraction of sp³-hybridized carbons (Fsp3) is 0.250. The Balaban J connectivity index is 0.000000222. The lowest BCUT2D eigenvalue weighted by Crippen LogP contribution is -1.43. The van der Waals surface area contributed by atoms with Gasteiger partial charge in [0, 0.05) is 0 Å². The Bertz CT molecular complexity index is 72.0. The van der Waals surface area contributed by atoms with Gasteiger partial charge in [-0.05, 0) is 12.1 Å². The molecule has 0 heteroatoms. The molecule has 0 fully saturated rings. The van der Waals surface area contributed by atoms with Crippen LogP contribution in [0.5, 0.6) is 0 Å². The highest BCUT2D eigenvalue weighted by Crippen LogP contribution is 1.71. The molecule has 0 heterocycles. The summed E-state index contributed by atoms with van der Waals surface area (Å²) in [6.07, 6.45) is 0. The van der Waals surface area contributed by atoms with Crippen LogP contribution in [0.25, 0.3) is 0 Å². The van der Waals surface area contributed by atoms with E-state index in [4.69, 9.17) is 0 Å². The smallest absolute Gasteiger partial charge is 0.0115 e. The van der Waals surface area contributed by atoms with Crippen molar-refractivity contribution in [3.8, 4) is 0 Å². The van der Waals surface area contributed by atoms with Crippen molar-refractivity contribution in [2.75, 3.05) is 0 Å². The quantitative estimate of drug-likeness (QED) is 0.476. The maximum Gasteiger partial charge on any atom is -0.0115 e. The van der Waals surface area contributed by atoms with Crippen molar-refractivity contribution in [3.05, 3.63) is 36.4 Å². The van der Waals surface area contributed by atoms with Gasteiger partial charge in [0.1, 0.15) is 0 Å². The first-order valence-electron chi connectivity index (χ1n) is 2.83. The molecule has 0 spiro atoms. The van der Waals surface area contributed by atoms with Gasteiger partial charge in [0.25, 0.3) is 0 Å². The zero-order valence-electron chi connectivity index (χ0n) is 5.31. The van der Waals surface area contributed by atoms with E-state index in [1.807, 2.05) is 38.1 Å². The lowest BCUT2D eigenvalue weighted by molar-refractivity contribution is 1.50. The second kappa shape index (κ2) is 6.04. The van der Waals surface area contributed by atoms with Crippen LogP contribution in [0.2, 0.25) is 0 Å². The molecule has 0 atom stereocenters. The summed E-state index contributed by atoms with van der Waals surface area (Å²) in [4.78, 5) is 0. The lowest BCUT2D eigenvalue weighted by Gasteiger charge is -1.61. The molecule has 0 N–H and O–H groups in total. The topological polar surface area (TPSA) is 0 Å². The summed E-state index contributed by atoms with van der Waals surface area (Å²) < 4.78 is 0. The summed E-state index contributed by atoms with van der Waals surface area (Å²) in [6, 6.07) is 13.0. The minimum Gasteiger partial charge on any atom is -0.0702 e. The molecule has 0 aliphatic rings. The van der Waals surface area contributed by atoms with Gasteiger partial charge < -0.3 is 0 Å². The van der Waals surface area contributed by atoms with E-state index in [1.54, 1.807) is 0 Å². The Morgan fingerprint density at radius 3 is 1.38 bits per heavy atom. The van der Waals surface area contributed by atoms with E-state index in [-0.39, 0.29) is 0 Å². The molecule has 0 aromatic heterocycles. The molecule has 0 bridgehead atoms. The van der Waals surface area contributed by atoms with E-state index in [0.29, 0.717) is 0 Å². The molecule has 0 aliphatic heterocycles. The number of rotatable bonds is 0. The van der Waals surface area contributed by atoms with Crippen LogP contribution in [-0.2, 0) is 0 Å². The van der Waals surface area contributed by atoms with Gasteiger partial charge in [-0.25, -0.2) is 0 Å². The Morgan fingerprint density at radius 1 is 0.875 bits per heavy atom. The normalized spacial score (nSPS) is 5.75. The fourth-order valence-electron chi connectivity index (χ4n) is 0.304. The van der Waals surface area contributed by atoms with Crippen LogP contribution < -0.4 is 0 Å². The van der Waals surface area contributed by atoms with Gasteiger partial charge in [-0.2, -0.15) is 0 Å². The second-order valence-electron chi connectivity index (χ2n) is 1.01. The van der Waals surface area contributed by atoms with Crippen LogP contribution in [0.4, 0.5) is 0 Å². The van der Waals surface area contributed by atoms with Crippen molar-refractivity contribution in [1.29, 1.82) is 0 Å². The van der Waals surface area contributed by atoms with Gasteiger partial charge in [-0.3, -0.25) is 0 Å². The predicted molar refractivity (Wildman–Crippen MR) is 35.5 cm³/mol. The van der Waals surface area contributed by atoms with Gasteiger partial charge in [-0.15, -0.1) is 0 Å². The van der Waals surface area contributed by atoms with E-state index >= 15 is 0 Å². The molecule has 1 aromatic carbocycles. The molecule has 0 aliphatic carbocycles. The lowest BCUT2D eigenvalue weighted by atomic mass is 10.4. The first-order chi connectivity index (χ1) is 4.00. The van der Waals surface area contributed by atoms with Crippen molar-refractivity contribution in [2.24, 2.45) is 0 Å². The van der Waals surface area contributed by atoms with Crippen LogP contribution in [0.15, 0.2) is 24.3 Å². The molecule has 0 radical (unpaired) electrons. The minimum atomic E-state index is 1.82. The van der Waals surface area contributed by atoms with Crippen LogP contribution in [0.3, 0.4) is 0 Å². The van der Waals surface area contributed by atoms with Crippen molar-refractivity contribution in [3.63, 3.8) is 0 Å². The summed E-state index contributed by atoms with van der Waals surface area (Å²) in [5.41, 5.74) is 0. The highest BCUT2D eigenvalue weighted by molar-refractivity contribution is 4.89. The van der Waals surface area contributed by atoms with Crippen LogP contribution in [0.1, 0.15) is 13.8 Å². The van der Waals surface area contributed by atoms with Gasteiger partial charge in [-0.1, -0.05) is 38.1 Å². The molecule has 42 valence electrons. The summed E-state index contributed by atoms with van der Waals surface area (Å²) in [7, 11) is 0. The van der Waals surface area contributed by atoms with Crippen LogP contribution in [-0.4, -0.2) is 0 Å². The van der Waals surface area contributed by atoms with E-state index in [2.05, 4.69) is 12.1 Å². The van der Waals surface area contributed by atoms with Crippen molar-refractivity contribution < 1.29 is 0 Å². The largest absolute Gasteiger partial charge is 0.0702 e. The molecular weight excluding hydrogens is 96.1 g/mol. The Kier molecular flexibility index (Phi) is 5.32. The Hall–Kier alpha value is -0.960. The molecule has 1 rings (SSSR count). The molecule has 0 amide bonds. The molecule has 8 heavy (non-hydrogen) atoms. The van der Waals surface area contributed by atoms with Gasteiger partial charge in [0.05, 0.1) is 0 Å².